The minimum atomic E-state index is -0.647. The van der Waals surface area contributed by atoms with Gasteiger partial charge in [-0.2, -0.15) is 0 Å². The van der Waals surface area contributed by atoms with Crippen LogP contribution in [0.4, 0.5) is 4.39 Å². The van der Waals surface area contributed by atoms with E-state index in [4.69, 9.17) is 0 Å². The molecule has 1 aliphatic rings. The Morgan fingerprint density at radius 2 is 2.08 bits per heavy atom. The van der Waals surface area contributed by atoms with Crippen molar-refractivity contribution in [3.63, 3.8) is 0 Å². The first kappa shape index (κ1) is 10.7. The summed E-state index contributed by atoms with van der Waals surface area (Å²) in [5.41, 5.74) is 2.91. The van der Waals surface area contributed by atoms with Crippen molar-refractivity contribution in [2.45, 2.75) is 39.8 Å². The maximum absolute atomic E-state index is 13.1. The normalized spacial score (nSPS) is 22.2. The van der Waals surface area contributed by atoms with Crippen LogP contribution in [0.25, 0.3) is 0 Å². The molecule has 1 heterocycles. The van der Waals surface area contributed by atoms with Crippen LogP contribution in [0.2, 0.25) is 0 Å². The zero-order valence-electron chi connectivity index (χ0n) is 8.94. The number of rotatable bonds is 3. The van der Waals surface area contributed by atoms with E-state index in [1.165, 1.54) is 11.1 Å². The van der Waals surface area contributed by atoms with Gasteiger partial charge in [-0.3, -0.25) is 4.90 Å². The molecule has 0 radical (unpaired) electrons. The van der Waals surface area contributed by atoms with E-state index in [1.54, 1.807) is 0 Å². The van der Waals surface area contributed by atoms with Crippen LogP contribution in [0.1, 0.15) is 33.6 Å². The first-order chi connectivity index (χ1) is 6.13. The summed E-state index contributed by atoms with van der Waals surface area (Å²) in [4.78, 5) is 2.22. The van der Waals surface area contributed by atoms with E-state index in [0.717, 1.165) is 19.5 Å². The van der Waals surface area contributed by atoms with Crippen LogP contribution in [0.3, 0.4) is 0 Å². The summed E-state index contributed by atoms with van der Waals surface area (Å²) in [6, 6.07) is 0. The first-order valence-electron chi connectivity index (χ1n) is 5.15. The second-order valence-electron chi connectivity index (χ2n) is 4.05. The highest BCUT2D eigenvalue weighted by atomic mass is 19.1. The van der Waals surface area contributed by atoms with Crippen molar-refractivity contribution in [2.75, 3.05) is 19.6 Å². The molecule has 2 heteroatoms. The Labute approximate surface area is 80.6 Å². The van der Waals surface area contributed by atoms with Crippen LogP contribution >= 0.6 is 0 Å². The second kappa shape index (κ2) is 4.75. The van der Waals surface area contributed by atoms with Crippen molar-refractivity contribution in [3.05, 3.63) is 11.1 Å². The molecule has 0 saturated carbocycles. The molecule has 1 nitrogen and oxygen atoms in total. The second-order valence-corrected chi connectivity index (χ2v) is 4.05. The lowest BCUT2D eigenvalue weighted by atomic mass is 10.0. The summed E-state index contributed by atoms with van der Waals surface area (Å²) in [5, 5.41) is 0. The van der Waals surface area contributed by atoms with E-state index in [-0.39, 0.29) is 0 Å². The van der Waals surface area contributed by atoms with Crippen LogP contribution in [0.15, 0.2) is 11.1 Å². The Balaban J connectivity index is 2.40. The van der Waals surface area contributed by atoms with Gasteiger partial charge in [0, 0.05) is 19.6 Å². The topological polar surface area (TPSA) is 3.24 Å². The lowest BCUT2D eigenvalue weighted by molar-refractivity contribution is 0.193. The number of halogens is 1. The third kappa shape index (κ3) is 3.11. The van der Waals surface area contributed by atoms with E-state index in [0.29, 0.717) is 13.0 Å². The van der Waals surface area contributed by atoms with E-state index in [2.05, 4.69) is 18.7 Å². The van der Waals surface area contributed by atoms with Gasteiger partial charge in [0.05, 0.1) is 0 Å². The zero-order valence-corrected chi connectivity index (χ0v) is 8.94. The fourth-order valence-corrected chi connectivity index (χ4v) is 1.65. The Morgan fingerprint density at radius 1 is 1.38 bits per heavy atom. The van der Waals surface area contributed by atoms with Crippen molar-refractivity contribution >= 4 is 0 Å². The molecule has 0 saturated heterocycles. The molecule has 76 valence electrons. The molecule has 0 bridgehead atoms. The van der Waals surface area contributed by atoms with Crippen molar-refractivity contribution in [1.29, 1.82) is 0 Å². The number of nitrogens with zero attached hydrogens (tertiary/aromatic N) is 1. The highest BCUT2D eigenvalue weighted by Gasteiger charge is 2.16. The molecule has 1 rings (SSSR count). The number of hydrogen-bond donors (Lipinski definition) is 0. The predicted molar refractivity (Wildman–Crippen MR) is 54.6 cm³/mol. The van der Waals surface area contributed by atoms with E-state index in [1.807, 2.05) is 6.92 Å². The van der Waals surface area contributed by atoms with Gasteiger partial charge in [-0.1, -0.05) is 18.1 Å². The van der Waals surface area contributed by atoms with Gasteiger partial charge >= 0.3 is 0 Å². The van der Waals surface area contributed by atoms with Gasteiger partial charge < -0.3 is 0 Å². The summed E-state index contributed by atoms with van der Waals surface area (Å²) < 4.78 is 13.1. The SMILES string of the molecule is CCC(F)CN1CCC(C)=C(C)C1. The molecule has 0 aromatic carbocycles. The summed E-state index contributed by atoms with van der Waals surface area (Å²) in [5.74, 6) is 0. The van der Waals surface area contributed by atoms with E-state index >= 15 is 0 Å². The highest BCUT2D eigenvalue weighted by molar-refractivity contribution is 5.14. The van der Waals surface area contributed by atoms with Gasteiger partial charge in [0.2, 0.25) is 0 Å². The Kier molecular flexibility index (Phi) is 3.91. The molecule has 1 atom stereocenters. The molecule has 0 fully saturated rings. The van der Waals surface area contributed by atoms with Crippen LogP contribution < -0.4 is 0 Å². The molecule has 13 heavy (non-hydrogen) atoms. The summed E-state index contributed by atoms with van der Waals surface area (Å²) in [7, 11) is 0. The quantitative estimate of drug-likeness (QED) is 0.611. The maximum Gasteiger partial charge on any atom is 0.112 e. The molecular weight excluding hydrogens is 165 g/mol. The van der Waals surface area contributed by atoms with Crippen molar-refractivity contribution in [1.82, 2.24) is 4.90 Å². The average molecular weight is 185 g/mol. The molecule has 0 aromatic heterocycles. The Hall–Kier alpha value is -0.370. The molecule has 0 aliphatic carbocycles. The fourth-order valence-electron chi connectivity index (χ4n) is 1.65. The Morgan fingerprint density at radius 3 is 2.62 bits per heavy atom. The lowest BCUT2D eigenvalue weighted by Crippen LogP contribution is -2.35. The van der Waals surface area contributed by atoms with Crippen LogP contribution in [0, 0.1) is 0 Å². The predicted octanol–water partition coefficient (Wildman–Crippen LogP) is 2.78. The summed E-state index contributed by atoms with van der Waals surface area (Å²) >= 11 is 0. The van der Waals surface area contributed by atoms with Crippen LogP contribution in [-0.2, 0) is 0 Å². The molecule has 0 amide bonds. The third-order valence-corrected chi connectivity index (χ3v) is 2.89. The first-order valence-corrected chi connectivity index (χ1v) is 5.15. The van der Waals surface area contributed by atoms with Gasteiger partial charge in [-0.05, 0) is 26.7 Å². The van der Waals surface area contributed by atoms with Crippen molar-refractivity contribution in [2.24, 2.45) is 0 Å². The molecule has 0 aromatic rings. The van der Waals surface area contributed by atoms with E-state index in [9.17, 15) is 4.39 Å². The standard InChI is InChI=1S/C11H20FN/c1-4-11(12)8-13-6-5-9(2)10(3)7-13/h11H,4-8H2,1-3H3. The van der Waals surface area contributed by atoms with Gasteiger partial charge in [0.25, 0.3) is 0 Å². The number of hydrogen-bond acceptors (Lipinski definition) is 1. The maximum atomic E-state index is 13.1. The fraction of sp³-hybridized carbons (Fsp3) is 0.818. The largest absolute Gasteiger partial charge is 0.296 e. The zero-order chi connectivity index (χ0) is 9.84. The van der Waals surface area contributed by atoms with Gasteiger partial charge in [0.1, 0.15) is 6.17 Å². The van der Waals surface area contributed by atoms with Crippen molar-refractivity contribution < 1.29 is 4.39 Å². The third-order valence-electron chi connectivity index (χ3n) is 2.89. The average Bonchev–Trinajstić information content (AvgIpc) is 2.11. The van der Waals surface area contributed by atoms with Crippen molar-refractivity contribution in [3.8, 4) is 0 Å². The Bertz CT molecular complexity index is 198. The smallest absolute Gasteiger partial charge is 0.112 e. The molecule has 1 aliphatic heterocycles. The number of alkyl halides is 1. The highest BCUT2D eigenvalue weighted by Crippen LogP contribution is 2.17. The minimum absolute atomic E-state index is 0.612. The summed E-state index contributed by atoms with van der Waals surface area (Å²) in [6.07, 6.45) is 1.10. The van der Waals surface area contributed by atoms with Crippen LogP contribution in [0.5, 0.6) is 0 Å². The molecule has 1 unspecified atom stereocenters. The van der Waals surface area contributed by atoms with Gasteiger partial charge in [-0.25, -0.2) is 4.39 Å². The monoisotopic (exact) mass is 185 g/mol. The van der Waals surface area contributed by atoms with Crippen LogP contribution in [-0.4, -0.2) is 30.7 Å². The lowest BCUT2D eigenvalue weighted by Gasteiger charge is -2.29. The molecule has 0 spiro atoms. The van der Waals surface area contributed by atoms with E-state index < -0.39 is 6.17 Å². The molecular formula is C11H20FN. The van der Waals surface area contributed by atoms with Gasteiger partial charge in [-0.15, -0.1) is 0 Å². The molecule has 0 N–H and O–H groups in total. The van der Waals surface area contributed by atoms with Gasteiger partial charge in [0.15, 0.2) is 0 Å². The minimum Gasteiger partial charge on any atom is -0.296 e. The summed E-state index contributed by atoms with van der Waals surface area (Å²) in [6.45, 7) is 8.85.